The Hall–Kier alpha value is -2.50. The lowest BCUT2D eigenvalue weighted by Gasteiger charge is -2.31. The second-order valence-electron chi connectivity index (χ2n) is 9.40. The summed E-state index contributed by atoms with van der Waals surface area (Å²) in [6.45, 7) is -7.34. The average molecular weight is 555 g/mol. The van der Waals surface area contributed by atoms with Gasteiger partial charge in [0.25, 0.3) is 0 Å². The van der Waals surface area contributed by atoms with Gasteiger partial charge in [0.2, 0.25) is 10.0 Å². The largest absolute Gasteiger partial charge is 0.443 e. The fourth-order valence-corrected chi connectivity index (χ4v) is 5.91. The molecule has 0 unspecified atom stereocenters. The molecule has 2 heterocycles. The number of sulfonamides is 1. The summed E-state index contributed by atoms with van der Waals surface area (Å²) in [5.74, 6) is -3.82. The van der Waals surface area contributed by atoms with Crippen LogP contribution >= 0.6 is 0 Å². The Morgan fingerprint density at radius 2 is 1.95 bits per heavy atom. The number of hydrogen-bond donors (Lipinski definition) is 2. The summed E-state index contributed by atoms with van der Waals surface area (Å²) >= 11 is 0. The van der Waals surface area contributed by atoms with Crippen molar-refractivity contribution < 1.29 is 43.5 Å². The van der Waals surface area contributed by atoms with Gasteiger partial charge in [0.1, 0.15) is 6.08 Å². The van der Waals surface area contributed by atoms with Crippen LogP contribution in [0.3, 0.4) is 0 Å². The maximum atomic E-state index is 13.9. The first kappa shape index (κ1) is 19.5. The minimum atomic E-state index is -4.69. The molecule has 2 aliphatic heterocycles. The number of rotatable bonds is 11. The molecular formula is C28H38N2O7S. The number of carbonyl (C=O) groups is 1. The van der Waals surface area contributed by atoms with Gasteiger partial charge in [-0.2, -0.15) is 4.31 Å². The highest BCUT2D eigenvalue weighted by atomic mass is 32.2. The van der Waals surface area contributed by atoms with Gasteiger partial charge in [-0.15, -0.1) is 0 Å². The number of aryl methyl sites for hydroxylation is 1. The highest BCUT2D eigenvalue weighted by Crippen LogP contribution is 2.33. The van der Waals surface area contributed by atoms with Gasteiger partial charge in [0, 0.05) is 22.7 Å². The van der Waals surface area contributed by atoms with E-state index in [9.17, 15) is 18.3 Å². The number of hydrogen-bond acceptors (Lipinski definition) is 7. The molecule has 208 valence electrons. The summed E-state index contributed by atoms with van der Waals surface area (Å²) in [5, 5.41) is 14.0. The fraction of sp³-hybridized carbons (Fsp3) is 0.536. The molecule has 0 bridgehead atoms. The molecule has 2 saturated heterocycles. The minimum absolute atomic E-state index is 0.0588. The van der Waals surface area contributed by atoms with E-state index in [1.807, 2.05) is 0 Å². The number of aliphatic hydroxyl groups excluding tert-OH is 1. The molecule has 2 N–H and O–H groups in total. The third-order valence-corrected chi connectivity index (χ3v) is 8.34. The van der Waals surface area contributed by atoms with Gasteiger partial charge in [-0.05, 0) is 43.4 Å². The minimum Gasteiger partial charge on any atom is -0.443 e. The summed E-state index contributed by atoms with van der Waals surface area (Å²) in [5.41, 5.74) is 1.33. The lowest BCUT2D eigenvalue weighted by Crippen LogP contribution is -2.51. The number of fused-ring (bicyclic) bond motifs is 1. The van der Waals surface area contributed by atoms with Crippen LogP contribution in [0.1, 0.15) is 42.2 Å². The molecule has 0 radical (unpaired) electrons. The zero-order chi connectivity index (χ0) is 34.1. The highest BCUT2D eigenvalue weighted by Gasteiger charge is 2.44. The van der Waals surface area contributed by atoms with Crippen LogP contribution in [0, 0.1) is 18.7 Å². The van der Waals surface area contributed by atoms with Crippen LogP contribution in [0.4, 0.5) is 4.79 Å². The summed E-state index contributed by atoms with van der Waals surface area (Å²) in [6.07, 6.45) is -4.98. The van der Waals surface area contributed by atoms with Gasteiger partial charge in [-0.25, -0.2) is 13.2 Å². The van der Waals surface area contributed by atoms with Gasteiger partial charge in [0.15, 0.2) is 6.29 Å². The molecule has 2 fully saturated rings. The third-order valence-electron chi connectivity index (χ3n) is 6.52. The van der Waals surface area contributed by atoms with Gasteiger partial charge >= 0.3 is 6.09 Å². The number of benzene rings is 2. The molecule has 38 heavy (non-hydrogen) atoms. The van der Waals surface area contributed by atoms with E-state index >= 15 is 0 Å². The maximum absolute atomic E-state index is 13.9. The molecule has 2 aromatic carbocycles. The maximum Gasteiger partial charge on any atom is 0.407 e. The smallest absolute Gasteiger partial charge is 0.407 e. The van der Waals surface area contributed by atoms with E-state index in [2.05, 4.69) is 5.32 Å². The van der Waals surface area contributed by atoms with Crippen molar-refractivity contribution in [2.24, 2.45) is 11.8 Å². The number of carbonyl (C=O) groups excluding carboxylic acids is 1. The molecule has 10 heteroatoms. The van der Waals surface area contributed by atoms with Crippen LogP contribution in [-0.4, -0.2) is 74.7 Å². The third kappa shape index (κ3) is 7.12. The van der Waals surface area contributed by atoms with Crippen molar-refractivity contribution in [2.45, 2.75) is 62.9 Å². The first-order chi connectivity index (χ1) is 21.3. The molecule has 5 atom stereocenters. The predicted molar refractivity (Wildman–Crippen MR) is 142 cm³/mol. The second-order valence-corrected chi connectivity index (χ2v) is 11.3. The lowest BCUT2D eigenvalue weighted by atomic mass is 10.0. The number of alkyl carbamates (subject to hydrolysis) is 1. The average Bonchev–Trinajstić information content (AvgIpc) is 3.56. The molecule has 0 saturated carbocycles. The first-order valence-corrected chi connectivity index (χ1v) is 13.7. The number of amides is 1. The van der Waals surface area contributed by atoms with Crippen LogP contribution in [0.5, 0.6) is 0 Å². The van der Waals surface area contributed by atoms with Crippen molar-refractivity contribution in [1.29, 1.82) is 0 Å². The van der Waals surface area contributed by atoms with Crippen molar-refractivity contribution in [1.82, 2.24) is 9.62 Å². The van der Waals surface area contributed by atoms with Crippen LogP contribution in [0.25, 0.3) is 0 Å². The number of nitrogens with one attached hydrogen (secondary N) is 1. The highest BCUT2D eigenvalue weighted by molar-refractivity contribution is 7.89. The Labute approximate surface area is 236 Å². The summed E-state index contributed by atoms with van der Waals surface area (Å²) in [4.78, 5) is 12.8. The van der Waals surface area contributed by atoms with Gasteiger partial charge in [0.05, 0.1) is 37.5 Å². The molecule has 4 rings (SSSR count). The molecule has 0 aliphatic carbocycles. The SMILES string of the molecule is [2H]C([2H])([2H])C([2H])(CN(C[C@@H](O)[C@H](Cc1ccccc1)NC(=O)O[C@@]1([2H])CO[C@H]2OCC[C@H]21)S(=O)(=O)c1ccc(C)cc1)C([2H])([2H])[2H]. The van der Waals surface area contributed by atoms with Crippen molar-refractivity contribution in [3.63, 3.8) is 0 Å². The summed E-state index contributed by atoms with van der Waals surface area (Å²) in [6, 6.07) is 12.8. The Morgan fingerprint density at radius 1 is 1.21 bits per heavy atom. The van der Waals surface area contributed by atoms with E-state index in [0.717, 1.165) is 0 Å². The van der Waals surface area contributed by atoms with Crippen LogP contribution < -0.4 is 5.32 Å². The normalized spacial score (nSPS) is 28.8. The standard InChI is InChI=1S/C28H38N2O7S/c1-19(2)16-30(38(33,34)22-11-9-20(3)10-12-22)17-25(31)24(15-21-7-5-4-6-8-21)29-28(32)37-26-18-36-27-23(26)13-14-35-27/h4-12,19,23-27,31H,13-18H2,1-3H3,(H,29,32)/t23-,24-,25+,26-,27+/m0/s1/i1D3,2D3,19D,26D. The van der Waals surface area contributed by atoms with E-state index in [0.29, 0.717) is 28.5 Å². The molecular weight excluding hydrogens is 508 g/mol. The Morgan fingerprint density at radius 3 is 2.66 bits per heavy atom. The fourth-order valence-electron chi connectivity index (χ4n) is 4.49. The van der Waals surface area contributed by atoms with E-state index < -0.39 is 79.2 Å². The molecule has 9 nitrogen and oxygen atoms in total. The number of ether oxygens (including phenoxy) is 3. The van der Waals surface area contributed by atoms with Gasteiger partial charge < -0.3 is 24.6 Å². The van der Waals surface area contributed by atoms with Crippen LogP contribution in [0.2, 0.25) is 0 Å². The summed E-state index contributed by atoms with van der Waals surface area (Å²) in [7, 11) is -4.69. The van der Waals surface area contributed by atoms with Crippen molar-refractivity contribution in [3.05, 3.63) is 65.7 Å². The zero-order valence-corrected chi connectivity index (χ0v) is 21.8. The molecule has 0 aromatic heterocycles. The molecule has 1 amide bonds. The van der Waals surface area contributed by atoms with Crippen molar-refractivity contribution >= 4 is 16.1 Å². The van der Waals surface area contributed by atoms with Crippen LogP contribution in [0.15, 0.2) is 59.5 Å². The quantitative estimate of drug-likeness (QED) is 0.439. The van der Waals surface area contributed by atoms with E-state index in [1.165, 1.54) is 24.3 Å². The zero-order valence-electron chi connectivity index (χ0n) is 29.0. The van der Waals surface area contributed by atoms with Gasteiger partial charge in [-0.1, -0.05) is 61.7 Å². The Bertz CT molecular complexity index is 1450. The lowest BCUT2D eigenvalue weighted by molar-refractivity contribution is -0.0907. The number of aliphatic hydroxyl groups is 1. The van der Waals surface area contributed by atoms with Crippen molar-refractivity contribution in [2.75, 3.05) is 26.3 Å². The first-order valence-electron chi connectivity index (χ1n) is 16.3. The molecule has 2 aromatic rings. The molecule has 0 spiro atoms. The second kappa shape index (κ2) is 12.6. The number of nitrogens with zero attached hydrogens (tertiary/aromatic N) is 1. The van der Waals surface area contributed by atoms with Crippen LogP contribution in [-0.2, 0) is 30.7 Å². The molecule has 2 aliphatic rings. The summed E-state index contributed by atoms with van der Waals surface area (Å²) < 4.78 is 109. The Kier molecular flexibility index (Phi) is 6.46. The van der Waals surface area contributed by atoms with E-state index in [4.69, 9.17) is 25.2 Å². The topological polar surface area (TPSA) is 114 Å². The van der Waals surface area contributed by atoms with Crippen molar-refractivity contribution in [3.8, 4) is 0 Å². The van der Waals surface area contributed by atoms with Gasteiger partial charge in [-0.3, -0.25) is 0 Å². The predicted octanol–water partition coefficient (Wildman–Crippen LogP) is 3.10. The van der Waals surface area contributed by atoms with E-state index in [1.54, 1.807) is 37.3 Å². The monoisotopic (exact) mass is 554 g/mol. The Balaban J connectivity index is 1.66. The van der Waals surface area contributed by atoms with E-state index in [-0.39, 0.29) is 17.9 Å².